The van der Waals surface area contributed by atoms with E-state index in [0.717, 1.165) is 12.8 Å². The number of unbranched alkanes of at least 4 members (excludes halogenated alkanes) is 5. The van der Waals surface area contributed by atoms with Crippen LogP contribution in [-0.4, -0.2) is 68.7 Å². The largest absolute Gasteiger partial charge is 0.465 e. The van der Waals surface area contributed by atoms with Gasteiger partial charge in [0.25, 0.3) is 0 Å². The van der Waals surface area contributed by atoms with Crippen LogP contribution in [0, 0.1) is 0 Å². The Labute approximate surface area is 151 Å². The molecule has 1 unspecified atom stereocenters. The number of carbonyl (C=O) groups is 1. The summed E-state index contributed by atoms with van der Waals surface area (Å²) in [7, 11) is 1.05. The summed E-state index contributed by atoms with van der Waals surface area (Å²) in [6.07, 6.45) is 12.1. The molecule has 0 spiro atoms. The zero-order valence-corrected chi connectivity index (χ0v) is 16.5. The van der Waals surface area contributed by atoms with Crippen molar-refractivity contribution in [2.45, 2.75) is 45.4 Å². The number of quaternary nitrogens is 1. The molecule has 0 aromatic heterocycles. The number of hydrogen-bond acceptors (Lipinski definition) is 5. The zero-order chi connectivity index (χ0) is 19.3. The molecule has 8 nitrogen and oxygen atoms in total. The average Bonchev–Trinajstić information content (AvgIpc) is 2.84. The number of methoxy groups -OCH3 is 1. The Hall–Kier alpha value is -1.29. The monoisotopic (exact) mass is 380 g/mol. The quantitative estimate of drug-likeness (QED) is 0.205. The van der Waals surface area contributed by atoms with Gasteiger partial charge in [-0.3, -0.25) is 4.55 Å². The first-order valence-electron chi connectivity index (χ1n) is 8.43. The number of rotatable bonds is 10. The van der Waals surface area contributed by atoms with Crippen LogP contribution in [0.2, 0.25) is 0 Å². The zero-order valence-electron chi connectivity index (χ0n) is 15.7. The van der Waals surface area contributed by atoms with Crippen LogP contribution in [0.15, 0.2) is 12.4 Å². The summed E-state index contributed by atoms with van der Waals surface area (Å²) < 4.78 is 39.6. The summed E-state index contributed by atoms with van der Waals surface area (Å²) in [5.74, 6) is -0.200. The molecule has 1 rings (SSSR count). The molecule has 0 aromatic rings. The maximum atomic E-state index is 11.0. The highest BCUT2D eigenvalue weighted by molar-refractivity contribution is 7.80. The van der Waals surface area contributed by atoms with Crippen molar-refractivity contribution in [3.8, 4) is 0 Å². The predicted molar refractivity (Wildman–Crippen MR) is 95.3 cm³/mol. The standard InChI is InChI=1S/C8H14N2O2.C8H18O4S/c1-9-4-5-10(2,7-9)6-8(11)12-3;1-2-3-4-5-6-7-8-12-13(9,10)11/h4-5,7H,6H2,1-3H3;2-8H2,1H3,(H,9,10,11)/q+2;. The molecule has 0 aromatic carbocycles. The first kappa shape index (κ1) is 23.7. The minimum Gasteiger partial charge on any atom is -0.465 e. The summed E-state index contributed by atoms with van der Waals surface area (Å²) in [4.78, 5) is 11.0. The highest BCUT2D eigenvalue weighted by atomic mass is 32.3. The smallest absolute Gasteiger partial charge is 0.397 e. The van der Waals surface area contributed by atoms with Crippen molar-refractivity contribution in [2.24, 2.45) is 0 Å². The van der Waals surface area contributed by atoms with Crippen molar-refractivity contribution in [1.29, 1.82) is 0 Å². The minimum absolute atomic E-state index is 0.0883. The van der Waals surface area contributed by atoms with Crippen LogP contribution < -0.4 is 0 Å². The third-order valence-electron chi connectivity index (χ3n) is 3.52. The lowest BCUT2D eigenvalue weighted by atomic mass is 10.1. The molecule has 0 bridgehead atoms. The number of carbonyl (C=O) groups excluding carboxylic acids is 1. The summed E-state index contributed by atoms with van der Waals surface area (Å²) >= 11 is 0. The summed E-state index contributed by atoms with van der Waals surface area (Å²) in [5, 5.41) is 0. The molecule has 25 heavy (non-hydrogen) atoms. The molecule has 0 radical (unpaired) electrons. The van der Waals surface area contributed by atoms with Crippen LogP contribution in [0.25, 0.3) is 0 Å². The highest BCUT2D eigenvalue weighted by Crippen LogP contribution is 2.06. The normalized spacial score (nSPS) is 19.2. The first-order chi connectivity index (χ1) is 11.6. The second-order valence-electron chi connectivity index (χ2n) is 6.18. The predicted octanol–water partition coefficient (Wildman–Crippen LogP) is 1.93. The van der Waals surface area contributed by atoms with Gasteiger partial charge < -0.3 is 4.74 Å². The molecule has 0 aliphatic carbocycles. The average molecular weight is 381 g/mol. The highest BCUT2D eigenvalue weighted by Gasteiger charge is 2.30. The van der Waals surface area contributed by atoms with E-state index < -0.39 is 10.4 Å². The van der Waals surface area contributed by atoms with Gasteiger partial charge in [-0.25, -0.2) is 13.5 Å². The Balaban J connectivity index is 0.000000462. The molecule has 1 aliphatic rings. The van der Waals surface area contributed by atoms with E-state index in [-0.39, 0.29) is 12.6 Å². The van der Waals surface area contributed by atoms with E-state index in [1.807, 2.05) is 37.4 Å². The Morgan fingerprint density at radius 1 is 1.20 bits per heavy atom. The molecule has 1 aliphatic heterocycles. The molecular weight excluding hydrogens is 348 g/mol. The van der Waals surface area contributed by atoms with Gasteiger partial charge in [0.2, 0.25) is 6.20 Å². The second-order valence-corrected chi connectivity index (χ2v) is 7.27. The van der Waals surface area contributed by atoms with Gasteiger partial charge in [0.1, 0.15) is 7.05 Å². The summed E-state index contributed by atoms with van der Waals surface area (Å²) in [5.41, 5.74) is 0. The summed E-state index contributed by atoms with van der Waals surface area (Å²) in [6, 6.07) is 0. The van der Waals surface area contributed by atoms with E-state index in [1.54, 1.807) is 0 Å². The number of hydrogen-bond donors (Lipinski definition) is 1. The van der Waals surface area contributed by atoms with Gasteiger partial charge in [-0.2, -0.15) is 13.0 Å². The van der Waals surface area contributed by atoms with Crippen molar-refractivity contribution >= 4 is 22.7 Å². The molecule has 146 valence electrons. The fraction of sp³-hybridized carbons (Fsp3) is 0.750. The Kier molecular flexibility index (Phi) is 11.5. The van der Waals surface area contributed by atoms with Crippen molar-refractivity contribution in [1.82, 2.24) is 0 Å². The van der Waals surface area contributed by atoms with Gasteiger partial charge >= 0.3 is 22.7 Å². The van der Waals surface area contributed by atoms with E-state index in [0.29, 0.717) is 17.4 Å². The molecule has 9 heteroatoms. The van der Waals surface area contributed by atoms with Crippen LogP contribution in [0.5, 0.6) is 0 Å². The van der Waals surface area contributed by atoms with Gasteiger partial charge in [0, 0.05) is 0 Å². The lowest BCUT2D eigenvalue weighted by molar-refractivity contribution is -0.759. The maximum absolute atomic E-state index is 11.0. The SMILES string of the molecule is CCCCCCCCOS(=O)(=O)O.COC(=O)C[N+]1(C)C=C[N+](C)=C1. The molecule has 0 fully saturated rings. The molecular formula is C16H32N2O6S+2. The number of esters is 1. The lowest BCUT2D eigenvalue weighted by Gasteiger charge is -2.15. The van der Waals surface area contributed by atoms with E-state index in [1.165, 1.54) is 26.4 Å². The van der Waals surface area contributed by atoms with Crippen molar-refractivity contribution in [3.63, 3.8) is 0 Å². The van der Waals surface area contributed by atoms with E-state index in [4.69, 9.17) is 4.55 Å². The molecule has 1 atom stereocenters. The van der Waals surface area contributed by atoms with E-state index in [2.05, 4.69) is 15.8 Å². The molecule has 1 N–H and O–H groups in total. The molecule has 0 amide bonds. The van der Waals surface area contributed by atoms with Crippen LogP contribution in [0.1, 0.15) is 45.4 Å². The van der Waals surface area contributed by atoms with Gasteiger partial charge in [-0.1, -0.05) is 39.0 Å². The molecule has 1 heterocycles. The number of nitrogens with zero attached hydrogens (tertiary/aromatic N) is 2. The topological polar surface area (TPSA) is 92.9 Å². The maximum Gasteiger partial charge on any atom is 0.397 e. The van der Waals surface area contributed by atoms with Gasteiger partial charge in [-0.05, 0) is 6.42 Å². The van der Waals surface area contributed by atoms with Crippen molar-refractivity contribution in [2.75, 3.05) is 34.4 Å². The van der Waals surface area contributed by atoms with Crippen LogP contribution >= 0.6 is 0 Å². The van der Waals surface area contributed by atoms with Crippen molar-refractivity contribution in [3.05, 3.63) is 12.4 Å². The molecule has 0 saturated carbocycles. The van der Waals surface area contributed by atoms with Crippen LogP contribution in [0.3, 0.4) is 0 Å². The minimum atomic E-state index is -4.22. The third kappa shape index (κ3) is 13.7. The van der Waals surface area contributed by atoms with E-state index >= 15 is 0 Å². The van der Waals surface area contributed by atoms with Crippen LogP contribution in [0.4, 0.5) is 0 Å². The second kappa shape index (κ2) is 12.1. The fourth-order valence-electron chi connectivity index (χ4n) is 2.23. The van der Waals surface area contributed by atoms with Gasteiger partial charge in [0.05, 0.1) is 20.8 Å². The van der Waals surface area contributed by atoms with E-state index in [9.17, 15) is 13.2 Å². The Bertz CT molecular complexity index is 559. The first-order valence-corrected chi connectivity index (χ1v) is 9.79. The summed E-state index contributed by atoms with van der Waals surface area (Å²) in [6.45, 7) is 2.57. The Morgan fingerprint density at radius 3 is 2.28 bits per heavy atom. The number of ether oxygens (including phenoxy) is 1. The van der Waals surface area contributed by atoms with Crippen LogP contribution in [-0.2, 0) is 24.1 Å². The van der Waals surface area contributed by atoms with Crippen molar-refractivity contribution < 1.29 is 35.7 Å². The lowest BCUT2D eigenvalue weighted by Crippen LogP contribution is -2.41. The Morgan fingerprint density at radius 2 is 1.80 bits per heavy atom. The fourth-order valence-corrected chi connectivity index (χ4v) is 2.56. The molecule has 0 saturated heterocycles. The van der Waals surface area contributed by atoms with Gasteiger partial charge in [0.15, 0.2) is 12.7 Å². The third-order valence-corrected chi connectivity index (χ3v) is 3.98. The number of likely N-dealkylation sites (N-methyl/N-ethyl adjacent to an activating group) is 1. The van der Waals surface area contributed by atoms with Gasteiger partial charge in [-0.15, -0.1) is 0 Å².